The van der Waals surface area contributed by atoms with Gasteiger partial charge in [0.05, 0.1) is 0 Å². The fraction of sp³-hybridized carbons (Fsp3) is 1.00. The first-order valence-corrected chi connectivity index (χ1v) is 4.80. The second-order valence-corrected chi connectivity index (χ2v) is 4.67. The lowest BCUT2D eigenvalue weighted by Crippen LogP contribution is -2.37. The number of rotatable bonds is 1. The molecule has 0 heterocycles. The lowest BCUT2D eigenvalue weighted by molar-refractivity contribution is 0.129. The van der Waals surface area contributed by atoms with Crippen LogP contribution in [0.4, 0.5) is 0 Å². The SMILES string of the molecule is CC(C)C1(C)CCCC(N)C1.Cl. The van der Waals surface area contributed by atoms with Crippen molar-refractivity contribution in [1.29, 1.82) is 0 Å². The van der Waals surface area contributed by atoms with Crippen molar-refractivity contribution in [3.63, 3.8) is 0 Å². The van der Waals surface area contributed by atoms with Crippen molar-refractivity contribution in [3.05, 3.63) is 0 Å². The van der Waals surface area contributed by atoms with Crippen LogP contribution < -0.4 is 5.73 Å². The summed E-state index contributed by atoms with van der Waals surface area (Å²) in [5.41, 5.74) is 6.47. The summed E-state index contributed by atoms with van der Waals surface area (Å²) in [6.07, 6.45) is 5.17. The van der Waals surface area contributed by atoms with E-state index in [1.54, 1.807) is 0 Å². The minimum Gasteiger partial charge on any atom is -0.328 e. The molecule has 0 saturated heterocycles. The summed E-state index contributed by atoms with van der Waals surface area (Å²) in [7, 11) is 0. The highest BCUT2D eigenvalue weighted by molar-refractivity contribution is 5.85. The molecule has 0 spiro atoms. The minimum absolute atomic E-state index is 0. The van der Waals surface area contributed by atoms with E-state index in [9.17, 15) is 0 Å². The predicted octanol–water partition coefficient (Wildman–Crippen LogP) is 2.97. The Morgan fingerprint density at radius 3 is 2.33 bits per heavy atom. The van der Waals surface area contributed by atoms with Crippen LogP contribution in [0, 0.1) is 11.3 Å². The van der Waals surface area contributed by atoms with E-state index < -0.39 is 0 Å². The van der Waals surface area contributed by atoms with E-state index in [0.717, 1.165) is 5.92 Å². The summed E-state index contributed by atoms with van der Waals surface area (Å²) in [4.78, 5) is 0. The minimum atomic E-state index is 0. The van der Waals surface area contributed by atoms with E-state index in [-0.39, 0.29) is 12.4 Å². The number of hydrogen-bond donors (Lipinski definition) is 1. The maximum absolute atomic E-state index is 5.95. The third-order valence-electron chi connectivity index (χ3n) is 3.45. The molecule has 1 fully saturated rings. The highest BCUT2D eigenvalue weighted by Crippen LogP contribution is 2.41. The quantitative estimate of drug-likeness (QED) is 0.678. The van der Waals surface area contributed by atoms with Crippen molar-refractivity contribution in [2.45, 2.75) is 52.5 Å². The van der Waals surface area contributed by atoms with Crippen molar-refractivity contribution in [2.75, 3.05) is 0 Å². The summed E-state index contributed by atoms with van der Waals surface area (Å²) in [5.74, 6) is 0.786. The molecule has 0 bridgehead atoms. The topological polar surface area (TPSA) is 26.0 Å². The van der Waals surface area contributed by atoms with E-state index in [1.807, 2.05) is 0 Å². The summed E-state index contributed by atoms with van der Waals surface area (Å²) in [6.45, 7) is 7.02. The molecule has 1 saturated carbocycles. The first kappa shape index (κ1) is 12.2. The Bertz CT molecular complexity index is 136. The molecular formula is C10H22ClN. The summed E-state index contributed by atoms with van der Waals surface area (Å²) in [6, 6.07) is 0.469. The third kappa shape index (κ3) is 2.63. The molecule has 1 aliphatic rings. The summed E-state index contributed by atoms with van der Waals surface area (Å²) < 4.78 is 0. The van der Waals surface area contributed by atoms with Gasteiger partial charge in [-0.15, -0.1) is 12.4 Å². The number of nitrogens with two attached hydrogens (primary N) is 1. The molecule has 0 aliphatic heterocycles. The first-order chi connectivity index (χ1) is 5.04. The van der Waals surface area contributed by atoms with Crippen molar-refractivity contribution in [3.8, 4) is 0 Å². The van der Waals surface area contributed by atoms with Gasteiger partial charge < -0.3 is 5.73 Å². The normalized spacial score (nSPS) is 36.2. The van der Waals surface area contributed by atoms with Gasteiger partial charge in [0.2, 0.25) is 0 Å². The molecule has 2 heteroatoms. The Kier molecular flexibility index (Phi) is 4.57. The largest absolute Gasteiger partial charge is 0.328 e. The van der Waals surface area contributed by atoms with Gasteiger partial charge in [-0.3, -0.25) is 0 Å². The molecule has 2 atom stereocenters. The molecule has 2 unspecified atom stereocenters. The van der Waals surface area contributed by atoms with Crippen LogP contribution in [0.5, 0.6) is 0 Å². The van der Waals surface area contributed by atoms with Crippen LogP contribution >= 0.6 is 12.4 Å². The molecule has 2 N–H and O–H groups in total. The Hall–Kier alpha value is 0.250. The van der Waals surface area contributed by atoms with Gasteiger partial charge in [-0.2, -0.15) is 0 Å². The standard InChI is InChI=1S/C10H21N.ClH/c1-8(2)10(3)6-4-5-9(11)7-10;/h8-9H,4-7,11H2,1-3H3;1H. The third-order valence-corrected chi connectivity index (χ3v) is 3.45. The monoisotopic (exact) mass is 191 g/mol. The van der Waals surface area contributed by atoms with Crippen LogP contribution in [0.25, 0.3) is 0 Å². The Morgan fingerprint density at radius 2 is 2.00 bits per heavy atom. The smallest absolute Gasteiger partial charge is 0.00441 e. The number of hydrogen-bond acceptors (Lipinski definition) is 1. The van der Waals surface area contributed by atoms with Crippen LogP contribution in [-0.4, -0.2) is 6.04 Å². The van der Waals surface area contributed by atoms with Gasteiger partial charge in [0, 0.05) is 6.04 Å². The zero-order chi connectivity index (χ0) is 8.48. The highest BCUT2D eigenvalue weighted by atomic mass is 35.5. The van der Waals surface area contributed by atoms with E-state index in [1.165, 1.54) is 25.7 Å². The second kappa shape index (κ2) is 4.48. The van der Waals surface area contributed by atoms with Crippen LogP contribution in [0.2, 0.25) is 0 Å². The van der Waals surface area contributed by atoms with Crippen molar-refractivity contribution >= 4 is 12.4 Å². The van der Waals surface area contributed by atoms with Crippen molar-refractivity contribution < 1.29 is 0 Å². The van der Waals surface area contributed by atoms with Crippen molar-refractivity contribution in [1.82, 2.24) is 0 Å². The second-order valence-electron chi connectivity index (χ2n) is 4.67. The lowest BCUT2D eigenvalue weighted by Gasteiger charge is -2.40. The average Bonchev–Trinajstić information content (AvgIpc) is 1.86. The molecule has 0 radical (unpaired) electrons. The van der Waals surface area contributed by atoms with Gasteiger partial charge >= 0.3 is 0 Å². The first-order valence-electron chi connectivity index (χ1n) is 4.80. The van der Waals surface area contributed by atoms with E-state index in [0.29, 0.717) is 11.5 Å². The summed E-state index contributed by atoms with van der Waals surface area (Å²) in [5, 5.41) is 0. The Morgan fingerprint density at radius 1 is 1.42 bits per heavy atom. The van der Waals surface area contributed by atoms with Crippen LogP contribution in [0.15, 0.2) is 0 Å². The zero-order valence-electron chi connectivity index (χ0n) is 8.47. The zero-order valence-corrected chi connectivity index (χ0v) is 9.29. The van der Waals surface area contributed by atoms with Gasteiger partial charge in [0.1, 0.15) is 0 Å². The predicted molar refractivity (Wildman–Crippen MR) is 56.6 cm³/mol. The molecule has 0 aromatic heterocycles. The lowest BCUT2D eigenvalue weighted by atomic mass is 9.67. The van der Waals surface area contributed by atoms with Gasteiger partial charge in [0.15, 0.2) is 0 Å². The maximum atomic E-state index is 5.95. The Balaban J connectivity index is 0.00000121. The van der Waals surface area contributed by atoms with E-state index >= 15 is 0 Å². The van der Waals surface area contributed by atoms with Gasteiger partial charge in [-0.1, -0.05) is 27.2 Å². The van der Waals surface area contributed by atoms with Gasteiger partial charge in [-0.05, 0) is 30.6 Å². The van der Waals surface area contributed by atoms with Crippen molar-refractivity contribution in [2.24, 2.45) is 17.1 Å². The van der Waals surface area contributed by atoms with Crippen LogP contribution in [0.3, 0.4) is 0 Å². The molecule has 1 aliphatic carbocycles. The van der Waals surface area contributed by atoms with E-state index in [2.05, 4.69) is 20.8 Å². The Labute approximate surface area is 82.5 Å². The molecule has 0 amide bonds. The van der Waals surface area contributed by atoms with E-state index in [4.69, 9.17) is 5.73 Å². The van der Waals surface area contributed by atoms with Gasteiger partial charge in [0.25, 0.3) is 0 Å². The molecule has 0 aromatic rings. The van der Waals surface area contributed by atoms with Crippen LogP contribution in [-0.2, 0) is 0 Å². The molecule has 1 nitrogen and oxygen atoms in total. The average molecular weight is 192 g/mol. The molecule has 12 heavy (non-hydrogen) atoms. The highest BCUT2D eigenvalue weighted by Gasteiger charge is 2.32. The van der Waals surface area contributed by atoms with Gasteiger partial charge in [-0.25, -0.2) is 0 Å². The maximum Gasteiger partial charge on any atom is 0.00441 e. The molecular weight excluding hydrogens is 170 g/mol. The summed E-state index contributed by atoms with van der Waals surface area (Å²) >= 11 is 0. The fourth-order valence-electron chi connectivity index (χ4n) is 2.10. The molecule has 1 rings (SSSR count). The molecule has 0 aromatic carbocycles. The van der Waals surface area contributed by atoms with Crippen LogP contribution in [0.1, 0.15) is 46.5 Å². The fourth-order valence-corrected chi connectivity index (χ4v) is 2.10. The molecule has 74 valence electrons. The number of halogens is 1.